The molecule has 1 heterocycles. The fourth-order valence-electron chi connectivity index (χ4n) is 3.71. The fraction of sp³-hybridized carbons (Fsp3) is 0.154. The first kappa shape index (κ1) is 22.4. The van der Waals surface area contributed by atoms with E-state index in [9.17, 15) is 9.59 Å². The second-order valence-electron chi connectivity index (χ2n) is 7.50. The van der Waals surface area contributed by atoms with Crippen LogP contribution in [0.3, 0.4) is 0 Å². The highest BCUT2D eigenvalue weighted by molar-refractivity contribution is 6.32. The van der Waals surface area contributed by atoms with Gasteiger partial charge < -0.3 is 14.6 Å². The van der Waals surface area contributed by atoms with Gasteiger partial charge in [-0.25, -0.2) is 0 Å². The van der Waals surface area contributed by atoms with Gasteiger partial charge in [0.2, 0.25) is 0 Å². The van der Waals surface area contributed by atoms with Crippen molar-refractivity contribution in [2.45, 2.75) is 13.3 Å². The Hall–Kier alpha value is -3.77. The van der Waals surface area contributed by atoms with E-state index in [0.717, 1.165) is 11.1 Å². The maximum Gasteiger partial charge on any atom is 0.307 e. The molecule has 4 rings (SSSR count). The molecule has 0 unspecified atom stereocenters. The van der Waals surface area contributed by atoms with E-state index in [1.807, 2.05) is 31.2 Å². The lowest BCUT2D eigenvalue weighted by Crippen LogP contribution is -2.13. The molecule has 1 aromatic heterocycles. The number of halogens is 1. The summed E-state index contributed by atoms with van der Waals surface area (Å²) in [6.07, 6.45) is -0.0960. The van der Waals surface area contributed by atoms with Crippen LogP contribution in [-0.2, 0) is 11.2 Å². The molecule has 0 spiro atoms. The van der Waals surface area contributed by atoms with Crippen molar-refractivity contribution in [3.8, 4) is 11.5 Å². The first-order valence-electron chi connectivity index (χ1n) is 10.4. The molecule has 0 atom stereocenters. The van der Waals surface area contributed by atoms with Crippen molar-refractivity contribution in [1.29, 1.82) is 0 Å². The van der Waals surface area contributed by atoms with Gasteiger partial charge in [0.1, 0.15) is 24.7 Å². The van der Waals surface area contributed by atoms with E-state index in [-0.39, 0.29) is 12.3 Å². The highest BCUT2D eigenvalue weighted by Gasteiger charge is 2.17. The van der Waals surface area contributed by atoms with Gasteiger partial charge in [-0.15, -0.1) is 0 Å². The van der Waals surface area contributed by atoms with Crippen LogP contribution in [0.25, 0.3) is 10.9 Å². The Labute approximate surface area is 195 Å². The van der Waals surface area contributed by atoms with Gasteiger partial charge >= 0.3 is 5.97 Å². The number of para-hydroxylation sites is 1. The zero-order chi connectivity index (χ0) is 23.4. The second kappa shape index (κ2) is 9.79. The summed E-state index contributed by atoms with van der Waals surface area (Å²) >= 11 is 6.06. The highest BCUT2D eigenvalue weighted by Crippen LogP contribution is 2.26. The fourth-order valence-corrected chi connectivity index (χ4v) is 3.90. The van der Waals surface area contributed by atoms with E-state index < -0.39 is 5.97 Å². The van der Waals surface area contributed by atoms with Gasteiger partial charge in [-0.1, -0.05) is 35.9 Å². The number of hydrogen-bond donors (Lipinski definition) is 1. The van der Waals surface area contributed by atoms with Crippen LogP contribution in [0.15, 0.2) is 72.8 Å². The van der Waals surface area contributed by atoms with Crippen molar-refractivity contribution in [3.63, 3.8) is 0 Å². The van der Waals surface area contributed by atoms with Crippen LogP contribution in [0.4, 0.5) is 0 Å². The molecule has 0 aliphatic rings. The van der Waals surface area contributed by atoms with E-state index in [1.165, 1.54) is 0 Å². The smallest absolute Gasteiger partial charge is 0.307 e. The van der Waals surface area contributed by atoms with Crippen LogP contribution < -0.4 is 9.47 Å². The molecule has 0 saturated heterocycles. The molecule has 6 nitrogen and oxygen atoms in total. The first-order valence-corrected chi connectivity index (χ1v) is 10.8. The van der Waals surface area contributed by atoms with Crippen molar-refractivity contribution < 1.29 is 24.2 Å². The van der Waals surface area contributed by atoms with Gasteiger partial charge in [-0.05, 0) is 61.0 Å². The lowest BCUT2D eigenvalue weighted by molar-refractivity contribution is -0.136. The highest BCUT2D eigenvalue weighted by atomic mass is 35.5. The van der Waals surface area contributed by atoms with Gasteiger partial charge in [0.25, 0.3) is 5.91 Å². The van der Waals surface area contributed by atoms with Gasteiger partial charge in [0.05, 0.1) is 17.0 Å². The number of aromatic nitrogens is 1. The molecule has 0 radical (unpaired) electrons. The molecule has 1 N–H and O–H groups in total. The van der Waals surface area contributed by atoms with E-state index in [4.69, 9.17) is 26.2 Å². The van der Waals surface area contributed by atoms with Crippen LogP contribution in [0.1, 0.15) is 21.6 Å². The van der Waals surface area contributed by atoms with Crippen molar-refractivity contribution in [2.24, 2.45) is 0 Å². The standard InChI is InChI=1S/C26H22ClNO5/c1-17-15-21-19(16-25(29)30)5-4-7-23(21)28(17)26(31)18-9-11-20(12-10-18)32-13-14-33-24-8-3-2-6-22(24)27/h2-12,15H,13-14,16H2,1H3,(H,29,30). The number of benzene rings is 3. The number of carbonyl (C=O) groups excluding carboxylic acids is 1. The third kappa shape index (κ3) is 5.02. The molecule has 33 heavy (non-hydrogen) atoms. The molecule has 7 heteroatoms. The molecule has 0 saturated carbocycles. The van der Waals surface area contributed by atoms with E-state index in [2.05, 4.69) is 0 Å². The summed E-state index contributed by atoms with van der Waals surface area (Å²) < 4.78 is 12.9. The minimum Gasteiger partial charge on any atom is -0.490 e. The predicted octanol–water partition coefficient (Wildman–Crippen LogP) is 5.38. The number of aryl methyl sites for hydroxylation is 1. The minimum absolute atomic E-state index is 0.0960. The lowest BCUT2D eigenvalue weighted by atomic mass is 10.1. The number of hydrogen-bond acceptors (Lipinski definition) is 4. The maximum atomic E-state index is 13.2. The predicted molar refractivity (Wildman–Crippen MR) is 127 cm³/mol. The molecule has 3 aromatic carbocycles. The molecule has 0 bridgehead atoms. The number of aliphatic carboxylic acids is 1. The number of carbonyl (C=O) groups is 2. The molecule has 168 valence electrons. The molecular formula is C26H22ClNO5. The summed E-state index contributed by atoms with van der Waals surface area (Å²) in [5.74, 6) is 0.118. The minimum atomic E-state index is -0.910. The third-order valence-corrected chi connectivity index (χ3v) is 5.52. The largest absolute Gasteiger partial charge is 0.490 e. The van der Waals surface area contributed by atoms with Crippen LogP contribution in [0.2, 0.25) is 5.02 Å². The van der Waals surface area contributed by atoms with E-state index in [1.54, 1.807) is 53.1 Å². The second-order valence-corrected chi connectivity index (χ2v) is 7.91. The zero-order valence-corrected chi connectivity index (χ0v) is 18.7. The number of ether oxygens (including phenoxy) is 2. The van der Waals surface area contributed by atoms with Gasteiger partial charge in [0, 0.05) is 16.6 Å². The van der Waals surface area contributed by atoms with E-state index >= 15 is 0 Å². The molecule has 0 fully saturated rings. The van der Waals surface area contributed by atoms with E-state index in [0.29, 0.717) is 46.4 Å². The van der Waals surface area contributed by atoms with Crippen molar-refractivity contribution in [2.75, 3.05) is 13.2 Å². The SMILES string of the molecule is Cc1cc2c(CC(=O)O)cccc2n1C(=O)c1ccc(OCCOc2ccccc2Cl)cc1. The molecule has 0 aliphatic carbocycles. The van der Waals surface area contributed by atoms with Crippen molar-refractivity contribution in [1.82, 2.24) is 4.57 Å². The Morgan fingerprint density at radius 1 is 0.939 bits per heavy atom. The zero-order valence-electron chi connectivity index (χ0n) is 18.0. The number of nitrogens with zero attached hydrogens (tertiary/aromatic N) is 1. The Morgan fingerprint density at radius 2 is 1.67 bits per heavy atom. The van der Waals surface area contributed by atoms with Crippen molar-refractivity contribution in [3.05, 3.63) is 94.6 Å². The van der Waals surface area contributed by atoms with Gasteiger partial charge in [-0.3, -0.25) is 14.2 Å². The van der Waals surface area contributed by atoms with Crippen LogP contribution in [-0.4, -0.2) is 34.8 Å². The summed E-state index contributed by atoms with van der Waals surface area (Å²) in [7, 11) is 0. The summed E-state index contributed by atoms with van der Waals surface area (Å²) in [6.45, 7) is 2.49. The summed E-state index contributed by atoms with van der Waals surface area (Å²) in [6, 6.07) is 21.3. The molecular weight excluding hydrogens is 442 g/mol. The molecule has 0 aliphatic heterocycles. The Morgan fingerprint density at radius 3 is 2.39 bits per heavy atom. The Kier molecular flexibility index (Phi) is 6.66. The monoisotopic (exact) mass is 463 g/mol. The van der Waals surface area contributed by atoms with Gasteiger partial charge in [0.15, 0.2) is 0 Å². The molecule has 4 aromatic rings. The Bertz CT molecular complexity index is 1310. The Balaban J connectivity index is 1.44. The van der Waals surface area contributed by atoms with Crippen LogP contribution in [0, 0.1) is 6.92 Å². The van der Waals surface area contributed by atoms with Gasteiger partial charge in [-0.2, -0.15) is 0 Å². The molecule has 0 amide bonds. The average molecular weight is 464 g/mol. The summed E-state index contributed by atoms with van der Waals surface area (Å²) in [5, 5.41) is 10.5. The van der Waals surface area contributed by atoms with Crippen LogP contribution in [0.5, 0.6) is 11.5 Å². The first-order chi connectivity index (χ1) is 15.9. The number of fused-ring (bicyclic) bond motifs is 1. The topological polar surface area (TPSA) is 77.8 Å². The quantitative estimate of drug-likeness (QED) is 0.355. The summed E-state index contributed by atoms with van der Waals surface area (Å²) in [5.41, 5.74) is 2.61. The van der Waals surface area contributed by atoms with Crippen LogP contribution >= 0.6 is 11.6 Å². The average Bonchev–Trinajstić information content (AvgIpc) is 3.14. The number of carboxylic acid groups (broad SMARTS) is 1. The third-order valence-electron chi connectivity index (χ3n) is 5.21. The number of carboxylic acids is 1. The summed E-state index contributed by atoms with van der Waals surface area (Å²) in [4.78, 5) is 24.4. The normalized spacial score (nSPS) is 10.8. The van der Waals surface area contributed by atoms with Crippen molar-refractivity contribution >= 4 is 34.4 Å². The number of rotatable bonds is 8. The lowest BCUT2D eigenvalue weighted by Gasteiger charge is -2.11. The maximum absolute atomic E-state index is 13.2.